The maximum absolute atomic E-state index is 11.6. The summed E-state index contributed by atoms with van der Waals surface area (Å²) < 4.78 is 1.81. The highest BCUT2D eigenvalue weighted by Crippen LogP contribution is 2.22. The number of aromatic nitrogens is 1. The largest absolute Gasteiger partial charge is 0.399 e. The molecule has 17 heavy (non-hydrogen) atoms. The Labute approximate surface area is 100 Å². The maximum Gasteiger partial charge on any atom is 0.267 e. The molecule has 88 valence electrons. The normalized spacial score (nSPS) is 10.2. The quantitative estimate of drug-likeness (QED) is 0.769. The van der Waals surface area contributed by atoms with Gasteiger partial charge in [-0.25, -0.2) is 0 Å². The second kappa shape index (κ2) is 4.33. The Balaban J connectivity index is 2.41. The summed E-state index contributed by atoms with van der Waals surface area (Å²) in [6, 6.07) is 9.45. The maximum atomic E-state index is 11.6. The summed E-state index contributed by atoms with van der Waals surface area (Å²) in [5.74, 6) is -0.0887. The summed E-state index contributed by atoms with van der Waals surface area (Å²) in [5, 5.41) is 2.62. The van der Waals surface area contributed by atoms with E-state index in [4.69, 9.17) is 5.73 Å². The molecule has 2 aromatic rings. The minimum atomic E-state index is -0.0887. The molecular weight excluding hydrogens is 214 g/mol. The zero-order valence-corrected chi connectivity index (χ0v) is 9.90. The number of nitrogen functional groups attached to an aromatic ring is 1. The molecule has 3 N–H and O–H groups in total. The van der Waals surface area contributed by atoms with E-state index in [1.165, 1.54) is 0 Å². The van der Waals surface area contributed by atoms with Gasteiger partial charge in [-0.05, 0) is 23.8 Å². The molecule has 0 spiro atoms. The molecule has 0 aliphatic heterocycles. The van der Waals surface area contributed by atoms with Crippen LogP contribution in [-0.4, -0.2) is 17.5 Å². The number of hydrogen-bond acceptors (Lipinski definition) is 2. The summed E-state index contributed by atoms with van der Waals surface area (Å²) in [5.41, 5.74) is 9.06. The molecule has 0 aliphatic rings. The molecule has 1 aromatic heterocycles. The van der Waals surface area contributed by atoms with E-state index in [1.54, 1.807) is 7.05 Å². The number of aryl methyl sites for hydroxylation is 1. The van der Waals surface area contributed by atoms with Crippen molar-refractivity contribution in [1.82, 2.24) is 9.88 Å². The van der Waals surface area contributed by atoms with Crippen molar-refractivity contribution >= 4 is 11.6 Å². The van der Waals surface area contributed by atoms with E-state index in [9.17, 15) is 4.79 Å². The number of carbonyl (C=O) groups excluding carboxylic acids is 1. The first-order chi connectivity index (χ1) is 8.11. The monoisotopic (exact) mass is 229 g/mol. The molecule has 0 radical (unpaired) electrons. The lowest BCUT2D eigenvalue weighted by atomic mass is 10.1. The van der Waals surface area contributed by atoms with E-state index < -0.39 is 0 Å². The van der Waals surface area contributed by atoms with Gasteiger partial charge in [0.05, 0.1) is 0 Å². The van der Waals surface area contributed by atoms with Crippen LogP contribution in [0.4, 0.5) is 5.69 Å². The lowest BCUT2D eigenvalue weighted by molar-refractivity contribution is 0.0955. The van der Waals surface area contributed by atoms with Gasteiger partial charge in [0.25, 0.3) is 5.91 Å². The van der Waals surface area contributed by atoms with Gasteiger partial charge in [-0.15, -0.1) is 0 Å². The van der Waals surface area contributed by atoms with Gasteiger partial charge in [-0.1, -0.05) is 12.1 Å². The molecule has 1 heterocycles. The number of nitrogens with zero attached hydrogens (tertiary/aromatic N) is 1. The van der Waals surface area contributed by atoms with Gasteiger partial charge in [-0.2, -0.15) is 0 Å². The van der Waals surface area contributed by atoms with Crippen LogP contribution >= 0.6 is 0 Å². The van der Waals surface area contributed by atoms with E-state index >= 15 is 0 Å². The number of rotatable bonds is 2. The third-order valence-electron chi connectivity index (χ3n) is 2.71. The van der Waals surface area contributed by atoms with Gasteiger partial charge in [0.1, 0.15) is 5.69 Å². The predicted octanol–water partition coefficient (Wildman–Crippen LogP) is 1.63. The number of carbonyl (C=O) groups is 1. The number of hydrogen-bond donors (Lipinski definition) is 2. The smallest absolute Gasteiger partial charge is 0.267 e. The molecule has 4 nitrogen and oxygen atoms in total. The molecule has 0 saturated heterocycles. The molecule has 0 aliphatic carbocycles. The Kier molecular flexibility index (Phi) is 2.87. The summed E-state index contributed by atoms with van der Waals surface area (Å²) in [7, 11) is 3.48. The molecule has 0 unspecified atom stereocenters. The number of benzene rings is 1. The van der Waals surface area contributed by atoms with Crippen LogP contribution in [0.15, 0.2) is 36.5 Å². The fourth-order valence-corrected chi connectivity index (χ4v) is 1.75. The van der Waals surface area contributed by atoms with Crippen molar-refractivity contribution in [3.8, 4) is 11.1 Å². The third kappa shape index (κ3) is 2.15. The number of nitrogens with two attached hydrogens (primary N) is 1. The summed E-state index contributed by atoms with van der Waals surface area (Å²) in [4.78, 5) is 11.6. The lowest BCUT2D eigenvalue weighted by Gasteiger charge is -1.99. The van der Waals surface area contributed by atoms with E-state index in [1.807, 2.05) is 48.1 Å². The van der Waals surface area contributed by atoms with Crippen LogP contribution in [0.5, 0.6) is 0 Å². The Bertz CT molecular complexity index is 540. The molecule has 2 rings (SSSR count). The topological polar surface area (TPSA) is 60.1 Å². The van der Waals surface area contributed by atoms with Crippen molar-refractivity contribution in [3.63, 3.8) is 0 Å². The van der Waals surface area contributed by atoms with Crippen molar-refractivity contribution in [2.45, 2.75) is 0 Å². The van der Waals surface area contributed by atoms with Crippen LogP contribution in [0, 0.1) is 0 Å². The number of amides is 1. The summed E-state index contributed by atoms with van der Waals surface area (Å²) in [6.45, 7) is 0. The van der Waals surface area contributed by atoms with Crippen LogP contribution in [0.25, 0.3) is 11.1 Å². The average molecular weight is 229 g/mol. The molecular formula is C13H15N3O. The highest BCUT2D eigenvalue weighted by Gasteiger charge is 2.10. The molecule has 0 saturated carbocycles. The molecule has 1 amide bonds. The number of anilines is 1. The Morgan fingerprint density at radius 3 is 2.47 bits per heavy atom. The van der Waals surface area contributed by atoms with Gasteiger partial charge in [-0.3, -0.25) is 4.79 Å². The first-order valence-electron chi connectivity index (χ1n) is 5.36. The van der Waals surface area contributed by atoms with Crippen molar-refractivity contribution in [1.29, 1.82) is 0 Å². The van der Waals surface area contributed by atoms with Gasteiger partial charge in [0, 0.05) is 31.5 Å². The number of nitrogens with one attached hydrogen (secondary N) is 1. The van der Waals surface area contributed by atoms with Gasteiger partial charge in [0.15, 0.2) is 0 Å². The fourth-order valence-electron chi connectivity index (χ4n) is 1.75. The van der Waals surface area contributed by atoms with Crippen LogP contribution in [-0.2, 0) is 7.05 Å². The highest BCUT2D eigenvalue weighted by atomic mass is 16.1. The minimum absolute atomic E-state index is 0.0887. The first kappa shape index (κ1) is 11.3. The van der Waals surface area contributed by atoms with Crippen molar-refractivity contribution in [2.24, 2.45) is 7.05 Å². The molecule has 1 aromatic carbocycles. The zero-order chi connectivity index (χ0) is 12.4. The van der Waals surface area contributed by atoms with Gasteiger partial charge in [0.2, 0.25) is 0 Å². The average Bonchev–Trinajstić information content (AvgIpc) is 2.71. The van der Waals surface area contributed by atoms with Crippen molar-refractivity contribution in [3.05, 3.63) is 42.2 Å². The lowest BCUT2D eigenvalue weighted by Crippen LogP contribution is -2.20. The van der Waals surface area contributed by atoms with Gasteiger partial charge < -0.3 is 15.6 Å². The minimum Gasteiger partial charge on any atom is -0.399 e. The molecule has 0 atom stereocenters. The second-order valence-corrected chi connectivity index (χ2v) is 3.93. The van der Waals surface area contributed by atoms with Crippen LogP contribution in [0.2, 0.25) is 0 Å². The Hall–Kier alpha value is -2.23. The van der Waals surface area contributed by atoms with E-state index in [2.05, 4.69) is 5.32 Å². The Morgan fingerprint density at radius 2 is 1.88 bits per heavy atom. The van der Waals surface area contributed by atoms with Gasteiger partial charge >= 0.3 is 0 Å². The van der Waals surface area contributed by atoms with Crippen LogP contribution in [0.3, 0.4) is 0 Å². The van der Waals surface area contributed by atoms with Crippen LogP contribution < -0.4 is 11.1 Å². The predicted molar refractivity (Wildman–Crippen MR) is 68.7 cm³/mol. The molecule has 0 bridgehead atoms. The fraction of sp³-hybridized carbons (Fsp3) is 0.154. The molecule has 4 heteroatoms. The van der Waals surface area contributed by atoms with E-state index in [0.29, 0.717) is 5.69 Å². The van der Waals surface area contributed by atoms with E-state index in [0.717, 1.165) is 16.8 Å². The Morgan fingerprint density at radius 1 is 1.24 bits per heavy atom. The van der Waals surface area contributed by atoms with Crippen molar-refractivity contribution in [2.75, 3.05) is 12.8 Å². The second-order valence-electron chi connectivity index (χ2n) is 3.93. The first-order valence-corrected chi connectivity index (χ1v) is 5.36. The standard InChI is InChI=1S/C13H15N3O/c1-15-13(17)12-7-10(8-16(12)2)9-3-5-11(14)6-4-9/h3-8H,14H2,1-2H3,(H,15,17). The third-order valence-corrected chi connectivity index (χ3v) is 2.71. The zero-order valence-electron chi connectivity index (χ0n) is 9.90. The SMILES string of the molecule is CNC(=O)c1cc(-c2ccc(N)cc2)cn1C. The molecule has 0 fully saturated rings. The van der Waals surface area contributed by atoms with Crippen LogP contribution in [0.1, 0.15) is 10.5 Å². The highest BCUT2D eigenvalue weighted by molar-refractivity contribution is 5.94. The summed E-state index contributed by atoms with van der Waals surface area (Å²) >= 11 is 0. The summed E-state index contributed by atoms with van der Waals surface area (Å²) in [6.07, 6.45) is 1.93. The van der Waals surface area contributed by atoms with Crippen molar-refractivity contribution < 1.29 is 4.79 Å². The van der Waals surface area contributed by atoms with E-state index in [-0.39, 0.29) is 5.91 Å².